The standard InChI is InChI=1S/C18H22N4O5/c1-12-15(27-5-4-26-12)17(25)22-8-13-7-21(9-18(13,10-22)11-23)16(24)14-6-19-2-3-20-14/h2-3,6,13,23H,4-5,7-11H2,1H3/t13-,18+/m1/s1. The molecule has 0 bridgehead atoms. The van der Waals surface area contributed by atoms with Gasteiger partial charge in [-0.2, -0.15) is 0 Å². The Labute approximate surface area is 156 Å². The quantitative estimate of drug-likeness (QED) is 0.771. The third kappa shape index (κ3) is 3.01. The Morgan fingerprint density at radius 2 is 1.89 bits per heavy atom. The molecule has 9 heteroatoms. The van der Waals surface area contributed by atoms with Crippen molar-refractivity contribution >= 4 is 11.8 Å². The Kier molecular flexibility index (Phi) is 4.47. The first kappa shape index (κ1) is 17.7. The van der Waals surface area contributed by atoms with Crippen molar-refractivity contribution in [2.24, 2.45) is 11.3 Å². The fraction of sp³-hybridized carbons (Fsp3) is 0.556. The zero-order valence-corrected chi connectivity index (χ0v) is 15.1. The predicted molar refractivity (Wildman–Crippen MR) is 92.1 cm³/mol. The van der Waals surface area contributed by atoms with Gasteiger partial charge in [-0.3, -0.25) is 14.6 Å². The predicted octanol–water partition coefficient (Wildman–Crippen LogP) is -0.352. The van der Waals surface area contributed by atoms with Crippen molar-refractivity contribution in [3.05, 3.63) is 35.8 Å². The van der Waals surface area contributed by atoms with Crippen molar-refractivity contribution in [1.82, 2.24) is 19.8 Å². The van der Waals surface area contributed by atoms with E-state index in [1.807, 2.05) is 0 Å². The molecule has 3 aliphatic heterocycles. The van der Waals surface area contributed by atoms with Crippen LogP contribution in [0, 0.1) is 11.3 Å². The van der Waals surface area contributed by atoms with Crippen LogP contribution < -0.4 is 0 Å². The van der Waals surface area contributed by atoms with Crippen LogP contribution >= 0.6 is 0 Å². The van der Waals surface area contributed by atoms with E-state index in [2.05, 4.69) is 9.97 Å². The van der Waals surface area contributed by atoms with E-state index in [1.165, 1.54) is 18.6 Å². The van der Waals surface area contributed by atoms with Gasteiger partial charge < -0.3 is 24.4 Å². The summed E-state index contributed by atoms with van der Waals surface area (Å²) in [6.07, 6.45) is 4.43. The molecule has 2 fully saturated rings. The molecule has 4 heterocycles. The number of allylic oxidation sites excluding steroid dienone is 1. The molecule has 2 saturated heterocycles. The molecule has 2 amide bonds. The second-order valence-electron chi connectivity index (χ2n) is 7.26. The molecular formula is C18H22N4O5. The molecule has 1 aromatic rings. The topological polar surface area (TPSA) is 105 Å². The van der Waals surface area contributed by atoms with E-state index in [1.54, 1.807) is 16.7 Å². The average molecular weight is 374 g/mol. The van der Waals surface area contributed by atoms with Gasteiger partial charge in [0.25, 0.3) is 11.8 Å². The molecule has 9 nitrogen and oxygen atoms in total. The molecule has 2 atom stereocenters. The number of aliphatic hydroxyl groups excluding tert-OH is 1. The number of fused-ring (bicyclic) bond motifs is 1. The number of hydrogen-bond donors (Lipinski definition) is 1. The number of likely N-dealkylation sites (tertiary alicyclic amines) is 2. The molecular weight excluding hydrogens is 352 g/mol. The van der Waals surface area contributed by atoms with Gasteiger partial charge in [-0.25, -0.2) is 4.98 Å². The molecule has 27 heavy (non-hydrogen) atoms. The van der Waals surface area contributed by atoms with Gasteiger partial charge in [0.1, 0.15) is 24.7 Å². The lowest BCUT2D eigenvalue weighted by atomic mass is 9.82. The highest BCUT2D eigenvalue weighted by molar-refractivity contribution is 5.93. The molecule has 0 radical (unpaired) electrons. The number of aromatic nitrogens is 2. The first-order valence-electron chi connectivity index (χ1n) is 8.96. The van der Waals surface area contributed by atoms with Crippen molar-refractivity contribution in [2.45, 2.75) is 6.92 Å². The maximum Gasteiger partial charge on any atom is 0.292 e. The summed E-state index contributed by atoms with van der Waals surface area (Å²) in [5, 5.41) is 10.1. The van der Waals surface area contributed by atoms with Crippen LogP contribution in [-0.4, -0.2) is 82.7 Å². The number of ether oxygens (including phenoxy) is 2. The van der Waals surface area contributed by atoms with E-state index in [4.69, 9.17) is 9.47 Å². The van der Waals surface area contributed by atoms with E-state index in [0.717, 1.165) is 0 Å². The largest absolute Gasteiger partial charge is 0.491 e. The molecule has 0 spiro atoms. The van der Waals surface area contributed by atoms with Crippen LogP contribution in [0.15, 0.2) is 30.1 Å². The van der Waals surface area contributed by atoms with Gasteiger partial charge >= 0.3 is 0 Å². The molecule has 0 unspecified atom stereocenters. The van der Waals surface area contributed by atoms with Gasteiger partial charge in [0.15, 0.2) is 0 Å². The fourth-order valence-corrected chi connectivity index (χ4v) is 4.15. The summed E-state index contributed by atoms with van der Waals surface area (Å²) < 4.78 is 10.9. The lowest BCUT2D eigenvalue weighted by Crippen LogP contribution is -2.41. The SMILES string of the molecule is CC1=C(C(=O)N2C[C@H]3CN(C(=O)c4cnccn4)C[C@@]3(CO)C2)OCCO1. The molecule has 0 aromatic carbocycles. The minimum absolute atomic E-state index is 0.00233. The van der Waals surface area contributed by atoms with E-state index in [9.17, 15) is 14.7 Å². The fourth-order valence-electron chi connectivity index (χ4n) is 4.15. The van der Waals surface area contributed by atoms with Crippen LogP contribution in [0.1, 0.15) is 17.4 Å². The Bertz CT molecular complexity index is 783. The van der Waals surface area contributed by atoms with Crippen molar-refractivity contribution in [3.8, 4) is 0 Å². The molecule has 4 rings (SSSR count). The molecule has 1 aromatic heterocycles. The smallest absolute Gasteiger partial charge is 0.292 e. The summed E-state index contributed by atoms with van der Waals surface area (Å²) in [5.41, 5.74) is -0.246. The summed E-state index contributed by atoms with van der Waals surface area (Å²) >= 11 is 0. The number of amides is 2. The maximum atomic E-state index is 12.8. The van der Waals surface area contributed by atoms with Crippen LogP contribution in [0.2, 0.25) is 0 Å². The minimum atomic E-state index is -0.530. The lowest BCUT2D eigenvalue weighted by Gasteiger charge is -2.28. The Hall–Kier alpha value is -2.68. The Morgan fingerprint density at radius 1 is 1.19 bits per heavy atom. The Balaban J connectivity index is 1.49. The average Bonchev–Trinajstić information content (AvgIpc) is 3.23. The highest BCUT2D eigenvalue weighted by Crippen LogP contribution is 2.43. The molecule has 3 aliphatic rings. The summed E-state index contributed by atoms with van der Waals surface area (Å²) in [6, 6.07) is 0. The minimum Gasteiger partial charge on any atom is -0.491 e. The third-order valence-electron chi connectivity index (χ3n) is 5.59. The summed E-state index contributed by atoms with van der Waals surface area (Å²) in [7, 11) is 0. The second kappa shape index (κ2) is 6.80. The van der Waals surface area contributed by atoms with Crippen LogP contribution in [0.3, 0.4) is 0 Å². The van der Waals surface area contributed by atoms with Gasteiger partial charge in [-0.05, 0) is 6.92 Å². The van der Waals surface area contributed by atoms with E-state index >= 15 is 0 Å². The number of carbonyl (C=O) groups excluding carboxylic acids is 2. The van der Waals surface area contributed by atoms with Gasteiger partial charge in [0, 0.05) is 49.9 Å². The number of carbonyl (C=O) groups is 2. The van der Waals surface area contributed by atoms with Gasteiger partial charge in [-0.1, -0.05) is 0 Å². The summed E-state index contributed by atoms with van der Waals surface area (Å²) in [5.74, 6) is 0.298. The highest BCUT2D eigenvalue weighted by Gasteiger charge is 2.55. The van der Waals surface area contributed by atoms with Crippen molar-refractivity contribution in [2.75, 3.05) is 46.0 Å². The molecule has 144 valence electrons. The van der Waals surface area contributed by atoms with Gasteiger partial charge in [-0.15, -0.1) is 0 Å². The van der Waals surface area contributed by atoms with Crippen LogP contribution in [0.25, 0.3) is 0 Å². The lowest BCUT2D eigenvalue weighted by molar-refractivity contribution is -0.132. The van der Waals surface area contributed by atoms with E-state index in [-0.39, 0.29) is 35.8 Å². The van der Waals surface area contributed by atoms with Crippen LogP contribution in [-0.2, 0) is 14.3 Å². The zero-order valence-electron chi connectivity index (χ0n) is 15.1. The highest BCUT2D eigenvalue weighted by atomic mass is 16.6. The zero-order chi connectivity index (χ0) is 19.0. The number of aliphatic hydroxyl groups is 1. The number of hydrogen-bond acceptors (Lipinski definition) is 7. The summed E-state index contributed by atoms with van der Waals surface area (Å²) in [6.45, 7) is 4.08. The Morgan fingerprint density at radius 3 is 2.48 bits per heavy atom. The van der Waals surface area contributed by atoms with Crippen molar-refractivity contribution in [3.63, 3.8) is 0 Å². The first-order valence-corrected chi connectivity index (χ1v) is 8.96. The van der Waals surface area contributed by atoms with Gasteiger partial charge in [0.2, 0.25) is 5.76 Å². The normalized spacial score (nSPS) is 27.3. The maximum absolute atomic E-state index is 12.8. The summed E-state index contributed by atoms with van der Waals surface area (Å²) in [4.78, 5) is 36.9. The van der Waals surface area contributed by atoms with Crippen LogP contribution in [0.5, 0.6) is 0 Å². The van der Waals surface area contributed by atoms with Gasteiger partial charge in [0.05, 0.1) is 12.8 Å². The first-order chi connectivity index (χ1) is 13.0. The molecule has 0 aliphatic carbocycles. The van der Waals surface area contributed by atoms with Crippen molar-refractivity contribution < 1.29 is 24.2 Å². The second-order valence-corrected chi connectivity index (χ2v) is 7.26. The molecule has 0 saturated carbocycles. The third-order valence-corrected chi connectivity index (χ3v) is 5.59. The van der Waals surface area contributed by atoms with Crippen molar-refractivity contribution in [1.29, 1.82) is 0 Å². The number of rotatable bonds is 3. The van der Waals surface area contributed by atoms with E-state index < -0.39 is 5.41 Å². The molecule has 1 N–H and O–H groups in total. The number of nitrogens with zero attached hydrogens (tertiary/aromatic N) is 4. The monoisotopic (exact) mass is 374 g/mol. The van der Waals surface area contributed by atoms with Crippen LogP contribution in [0.4, 0.5) is 0 Å². The van der Waals surface area contributed by atoms with E-state index in [0.29, 0.717) is 45.2 Å².